The fraction of sp³-hybridized carbons (Fsp3) is 0.200. The second-order valence-electron chi connectivity index (χ2n) is 4.26. The summed E-state index contributed by atoms with van der Waals surface area (Å²) < 4.78 is 7.03. The van der Waals surface area contributed by atoms with Gasteiger partial charge in [0.15, 0.2) is 0 Å². The van der Waals surface area contributed by atoms with Crippen LogP contribution in [0.2, 0.25) is 0 Å². The molecule has 0 radical (unpaired) electrons. The van der Waals surface area contributed by atoms with Gasteiger partial charge in [-0.05, 0) is 58.3 Å². The van der Waals surface area contributed by atoms with Crippen molar-refractivity contribution in [1.82, 2.24) is 0 Å². The highest BCUT2D eigenvalue weighted by Crippen LogP contribution is 2.29. The molecule has 0 amide bonds. The fourth-order valence-electron chi connectivity index (χ4n) is 1.57. The van der Waals surface area contributed by atoms with Crippen molar-refractivity contribution in [3.05, 3.63) is 57.7 Å². The van der Waals surface area contributed by atoms with E-state index in [9.17, 15) is 0 Å². The Bertz CT molecular complexity index is 492. The Morgan fingerprint density at radius 2 is 1.71 bits per heavy atom. The van der Waals surface area contributed by atoms with E-state index in [1.165, 1.54) is 5.56 Å². The highest BCUT2D eigenvalue weighted by Gasteiger charge is 2.06. The summed E-state index contributed by atoms with van der Waals surface area (Å²) in [5.41, 5.74) is 1.30. The standard InChI is InChI=1S/C15H15IO/c1-11(2)12-8-9-14(16)15(10-12)17-13-6-4-3-5-7-13/h3-11H,1-2H3. The third kappa shape index (κ3) is 3.22. The van der Waals surface area contributed by atoms with Crippen molar-refractivity contribution in [1.29, 1.82) is 0 Å². The Labute approximate surface area is 116 Å². The van der Waals surface area contributed by atoms with Crippen LogP contribution in [0.1, 0.15) is 25.3 Å². The molecule has 0 aliphatic rings. The molecule has 2 aromatic rings. The minimum absolute atomic E-state index is 0.519. The van der Waals surface area contributed by atoms with Gasteiger partial charge in [0.25, 0.3) is 0 Å². The van der Waals surface area contributed by atoms with Crippen LogP contribution >= 0.6 is 22.6 Å². The number of para-hydroxylation sites is 1. The Balaban J connectivity index is 2.29. The van der Waals surface area contributed by atoms with Gasteiger partial charge in [-0.25, -0.2) is 0 Å². The maximum atomic E-state index is 5.89. The third-order valence-corrected chi connectivity index (χ3v) is 3.48. The molecule has 2 heteroatoms. The number of halogens is 1. The van der Waals surface area contributed by atoms with Crippen molar-refractivity contribution >= 4 is 22.6 Å². The molecule has 88 valence electrons. The van der Waals surface area contributed by atoms with Gasteiger partial charge in [-0.2, -0.15) is 0 Å². The van der Waals surface area contributed by atoms with Crippen LogP contribution in [-0.2, 0) is 0 Å². The van der Waals surface area contributed by atoms with Crippen LogP contribution in [-0.4, -0.2) is 0 Å². The zero-order chi connectivity index (χ0) is 12.3. The lowest BCUT2D eigenvalue weighted by Gasteiger charge is -2.11. The molecule has 0 bridgehead atoms. The molecule has 2 rings (SSSR count). The lowest BCUT2D eigenvalue weighted by Crippen LogP contribution is -1.92. The topological polar surface area (TPSA) is 9.23 Å². The molecule has 0 heterocycles. The number of ether oxygens (including phenoxy) is 1. The molecule has 0 fully saturated rings. The minimum Gasteiger partial charge on any atom is -0.456 e. The van der Waals surface area contributed by atoms with Crippen LogP contribution in [0.5, 0.6) is 11.5 Å². The molecule has 1 nitrogen and oxygen atoms in total. The van der Waals surface area contributed by atoms with Crippen LogP contribution in [0, 0.1) is 3.57 Å². The van der Waals surface area contributed by atoms with E-state index < -0.39 is 0 Å². The summed E-state index contributed by atoms with van der Waals surface area (Å²) in [5, 5.41) is 0. The van der Waals surface area contributed by atoms with Crippen LogP contribution in [0.4, 0.5) is 0 Å². The Morgan fingerprint density at radius 3 is 2.35 bits per heavy atom. The minimum atomic E-state index is 0.519. The third-order valence-electron chi connectivity index (χ3n) is 2.59. The summed E-state index contributed by atoms with van der Waals surface area (Å²) in [5.74, 6) is 2.33. The number of benzene rings is 2. The normalized spacial score (nSPS) is 10.6. The van der Waals surface area contributed by atoms with E-state index >= 15 is 0 Å². The molecule has 2 aromatic carbocycles. The Kier molecular flexibility index (Phi) is 4.05. The van der Waals surface area contributed by atoms with Gasteiger partial charge in [0.2, 0.25) is 0 Å². The van der Waals surface area contributed by atoms with E-state index in [2.05, 4.69) is 54.6 Å². The van der Waals surface area contributed by atoms with E-state index in [1.54, 1.807) is 0 Å². The molecule has 0 aromatic heterocycles. The largest absolute Gasteiger partial charge is 0.456 e. The van der Waals surface area contributed by atoms with Gasteiger partial charge in [-0.1, -0.05) is 38.1 Å². The first-order chi connectivity index (χ1) is 8.16. The molecular formula is C15H15IO. The van der Waals surface area contributed by atoms with Crippen molar-refractivity contribution in [2.75, 3.05) is 0 Å². The van der Waals surface area contributed by atoms with E-state index in [-0.39, 0.29) is 0 Å². The maximum Gasteiger partial charge on any atom is 0.141 e. The monoisotopic (exact) mass is 338 g/mol. The van der Waals surface area contributed by atoms with Crippen LogP contribution in [0.25, 0.3) is 0 Å². The molecule has 0 unspecified atom stereocenters. The van der Waals surface area contributed by atoms with Crippen LogP contribution < -0.4 is 4.74 Å². The number of hydrogen-bond donors (Lipinski definition) is 0. The maximum absolute atomic E-state index is 5.89. The van der Waals surface area contributed by atoms with Crippen LogP contribution in [0.3, 0.4) is 0 Å². The summed E-state index contributed by atoms with van der Waals surface area (Å²) in [6.07, 6.45) is 0. The molecule has 0 saturated heterocycles. The summed E-state index contributed by atoms with van der Waals surface area (Å²) in [6, 6.07) is 16.3. The average Bonchev–Trinajstić information content (AvgIpc) is 2.33. The van der Waals surface area contributed by atoms with Gasteiger partial charge in [0.1, 0.15) is 11.5 Å². The molecule has 0 N–H and O–H groups in total. The molecule has 0 spiro atoms. The second kappa shape index (κ2) is 5.54. The summed E-state index contributed by atoms with van der Waals surface area (Å²) >= 11 is 2.30. The van der Waals surface area contributed by atoms with Crippen molar-refractivity contribution in [2.24, 2.45) is 0 Å². The quantitative estimate of drug-likeness (QED) is 0.699. The molecule has 0 aliphatic carbocycles. The van der Waals surface area contributed by atoms with Crippen molar-refractivity contribution < 1.29 is 4.74 Å². The number of rotatable bonds is 3. The SMILES string of the molecule is CC(C)c1ccc(I)c(Oc2ccccc2)c1. The summed E-state index contributed by atoms with van der Waals surface area (Å²) in [4.78, 5) is 0. The molecule has 17 heavy (non-hydrogen) atoms. The van der Waals surface area contributed by atoms with Crippen molar-refractivity contribution in [3.63, 3.8) is 0 Å². The van der Waals surface area contributed by atoms with E-state index in [1.807, 2.05) is 30.3 Å². The van der Waals surface area contributed by atoms with Crippen molar-refractivity contribution in [2.45, 2.75) is 19.8 Å². The first-order valence-corrected chi connectivity index (χ1v) is 6.77. The lowest BCUT2D eigenvalue weighted by molar-refractivity contribution is 0.478. The highest BCUT2D eigenvalue weighted by molar-refractivity contribution is 14.1. The second-order valence-corrected chi connectivity index (χ2v) is 5.42. The smallest absolute Gasteiger partial charge is 0.141 e. The Hall–Kier alpha value is -1.03. The van der Waals surface area contributed by atoms with Crippen LogP contribution in [0.15, 0.2) is 48.5 Å². The number of hydrogen-bond acceptors (Lipinski definition) is 1. The van der Waals surface area contributed by atoms with E-state index in [0.717, 1.165) is 15.1 Å². The first kappa shape index (κ1) is 12.4. The van der Waals surface area contributed by atoms with Gasteiger partial charge in [-0.15, -0.1) is 0 Å². The van der Waals surface area contributed by atoms with Gasteiger partial charge in [-0.3, -0.25) is 0 Å². The zero-order valence-electron chi connectivity index (χ0n) is 9.98. The van der Waals surface area contributed by atoms with Gasteiger partial charge in [0, 0.05) is 0 Å². The molecular weight excluding hydrogens is 323 g/mol. The molecule has 0 atom stereocenters. The predicted molar refractivity (Wildman–Crippen MR) is 79.8 cm³/mol. The zero-order valence-corrected chi connectivity index (χ0v) is 12.1. The predicted octanol–water partition coefficient (Wildman–Crippen LogP) is 5.21. The Morgan fingerprint density at radius 1 is 1.00 bits per heavy atom. The summed E-state index contributed by atoms with van der Waals surface area (Å²) in [6.45, 7) is 4.38. The van der Waals surface area contributed by atoms with Gasteiger partial charge in [0.05, 0.1) is 3.57 Å². The van der Waals surface area contributed by atoms with Gasteiger partial charge < -0.3 is 4.74 Å². The fourth-order valence-corrected chi connectivity index (χ4v) is 2.02. The van der Waals surface area contributed by atoms with Crippen molar-refractivity contribution in [3.8, 4) is 11.5 Å². The first-order valence-electron chi connectivity index (χ1n) is 5.69. The molecule has 0 aliphatic heterocycles. The van der Waals surface area contributed by atoms with Gasteiger partial charge >= 0.3 is 0 Å². The van der Waals surface area contributed by atoms with E-state index in [4.69, 9.17) is 4.74 Å². The lowest BCUT2D eigenvalue weighted by atomic mass is 10.0. The van der Waals surface area contributed by atoms with E-state index in [0.29, 0.717) is 5.92 Å². The molecule has 0 saturated carbocycles. The highest BCUT2D eigenvalue weighted by atomic mass is 127. The average molecular weight is 338 g/mol. The summed E-state index contributed by atoms with van der Waals surface area (Å²) in [7, 11) is 0.